The highest BCUT2D eigenvalue weighted by Crippen LogP contribution is 2.22. The lowest BCUT2D eigenvalue weighted by molar-refractivity contribution is 0.0937. The molecule has 0 saturated heterocycles. The third-order valence-corrected chi connectivity index (χ3v) is 4.16. The Morgan fingerprint density at radius 3 is 2.44 bits per heavy atom. The Bertz CT molecular complexity index is 905. The smallest absolute Gasteiger partial charge is 0.255 e. The van der Waals surface area contributed by atoms with Crippen molar-refractivity contribution in [3.05, 3.63) is 82.7 Å². The third-order valence-electron chi connectivity index (χ3n) is 4.16. The molecule has 0 spiro atoms. The molecule has 25 heavy (non-hydrogen) atoms. The summed E-state index contributed by atoms with van der Waals surface area (Å²) in [6.07, 6.45) is 0. The monoisotopic (exact) mass is 338 g/mol. The Kier molecular flexibility index (Phi) is 4.61. The lowest BCUT2D eigenvalue weighted by atomic mass is 10.0. The molecule has 1 amide bonds. The van der Waals surface area contributed by atoms with Crippen molar-refractivity contribution >= 4 is 5.91 Å². The lowest BCUT2D eigenvalue weighted by Crippen LogP contribution is -2.31. The normalized spacial score (nSPS) is 12.0. The SMILES string of the molecule is Cc1ccc(C(=O)NC(c2ccccc2)c2nnc(C)n2C)c(F)c1. The Labute approximate surface area is 145 Å². The number of carbonyl (C=O) groups is 1. The van der Waals surface area contributed by atoms with E-state index in [1.807, 2.05) is 48.9 Å². The number of aromatic nitrogens is 3. The molecule has 0 bridgehead atoms. The molecule has 3 aromatic rings. The van der Waals surface area contributed by atoms with Crippen LogP contribution < -0.4 is 5.32 Å². The molecule has 1 atom stereocenters. The van der Waals surface area contributed by atoms with E-state index in [4.69, 9.17) is 0 Å². The molecule has 0 aliphatic heterocycles. The van der Waals surface area contributed by atoms with Gasteiger partial charge in [0.25, 0.3) is 5.91 Å². The van der Waals surface area contributed by atoms with Gasteiger partial charge in [-0.25, -0.2) is 4.39 Å². The highest BCUT2D eigenvalue weighted by atomic mass is 19.1. The summed E-state index contributed by atoms with van der Waals surface area (Å²) in [6, 6.07) is 13.4. The fraction of sp³-hybridized carbons (Fsp3) is 0.211. The van der Waals surface area contributed by atoms with Crippen LogP contribution in [0.2, 0.25) is 0 Å². The average molecular weight is 338 g/mol. The molecule has 2 aromatic carbocycles. The summed E-state index contributed by atoms with van der Waals surface area (Å²) >= 11 is 0. The van der Waals surface area contributed by atoms with Crippen LogP contribution in [0.5, 0.6) is 0 Å². The van der Waals surface area contributed by atoms with Gasteiger partial charge in [0.15, 0.2) is 5.82 Å². The maximum atomic E-state index is 14.1. The zero-order valence-electron chi connectivity index (χ0n) is 14.3. The molecule has 1 aromatic heterocycles. The van der Waals surface area contributed by atoms with E-state index in [0.717, 1.165) is 17.0 Å². The van der Waals surface area contributed by atoms with Crippen LogP contribution in [0.4, 0.5) is 4.39 Å². The van der Waals surface area contributed by atoms with Crippen LogP contribution in [0.15, 0.2) is 48.5 Å². The van der Waals surface area contributed by atoms with Crippen molar-refractivity contribution in [3.8, 4) is 0 Å². The van der Waals surface area contributed by atoms with Gasteiger partial charge in [0.05, 0.1) is 5.56 Å². The van der Waals surface area contributed by atoms with Gasteiger partial charge in [0.2, 0.25) is 0 Å². The van der Waals surface area contributed by atoms with Crippen molar-refractivity contribution in [1.82, 2.24) is 20.1 Å². The minimum atomic E-state index is -0.543. The molecule has 1 N–H and O–H groups in total. The van der Waals surface area contributed by atoms with Crippen LogP contribution in [0, 0.1) is 19.7 Å². The Balaban J connectivity index is 1.98. The minimum Gasteiger partial charge on any atom is -0.338 e. The van der Waals surface area contributed by atoms with Crippen molar-refractivity contribution in [1.29, 1.82) is 0 Å². The molecule has 0 aliphatic rings. The summed E-state index contributed by atoms with van der Waals surface area (Å²) < 4.78 is 16.0. The van der Waals surface area contributed by atoms with Gasteiger partial charge in [-0.3, -0.25) is 4.79 Å². The standard InChI is InChI=1S/C19H19FN4O/c1-12-9-10-15(16(20)11-12)19(25)21-17(14-7-5-4-6-8-14)18-23-22-13(2)24(18)3/h4-11,17H,1-3H3,(H,21,25). The van der Waals surface area contributed by atoms with E-state index < -0.39 is 17.8 Å². The van der Waals surface area contributed by atoms with Gasteiger partial charge in [0, 0.05) is 7.05 Å². The van der Waals surface area contributed by atoms with Crippen LogP contribution in [0.25, 0.3) is 0 Å². The van der Waals surface area contributed by atoms with Gasteiger partial charge < -0.3 is 9.88 Å². The van der Waals surface area contributed by atoms with Crippen molar-refractivity contribution in [2.75, 3.05) is 0 Å². The topological polar surface area (TPSA) is 59.8 Å². The maximum Gasteiger partial charge on any atom is 0.255 e. The number of hydrogen-bond acceptors (Lipinski definition) is 3. The fourth-order valence-electron chi connectivity index (χ4n) is 2.63. The molecule has 0 aliphatic carbocycles. The van der Waals surface area contributed by atoms with Gasteiger partial charge in [-0.15, -0.1) is 10.2 Å². The Morgan fingerprint density at radius 2 is 1.84 bits per heavy atom. The number of halogens is 1. The first-order valence-electron chi connectivity index (χ1n) is 7.95. The second-order valence-electron chi connectivity index (χ2n) is 5.96. The molecule has 0 radical (unpaired) electrons. The van der Waals surface area contributed by atoms with Gasteiger partial charge in [-0.05, 0) is 37.1 Å². The van der Waals surface area contributed by atoms with Crippen LogP contribution in [-0.4, -0.2) is 20.7 Å². The zero-order chi connectivity index (χ0) is 18.0. The summed E-state index contributed by atoms with van der Waals surface area (Å²) in [5.74, 6) is 0.279. The van der Waals surface area contributed by atoms with E-state index in [-0.39, 0.29) is 5.56 Å². The molecular weight excluding hydrogens is 319 g/mol. The number of rotatable bonds is 4. The quantitative estimate of drug-likeness (QED) is 0.795. The minimum absolute atomic E-state index is 0.00502. The predicted molar refractivity (Wildman–Crippen MR) is 92.6 cm³/mol. The second-order valence-corrected chi connectivity index (χ2v) is 5.96. The van der Waals surface area contributed by atoms with Crippen molar-refractivity contribution in [2.24, 2.45) is 7.05 Å². The number of aryl methyl sites for hydroxylation is 2. The molecule has 3 rings (SSSR count). The fourth-order valence-corrected chi connectivity index (χ4v) is 2.63. The molecule has 5 nitrogen and oxygen atoms in total. The molecule has 128 valence electrons. The van der Waals surface area contributed by atoms with E-state index in [9.17, 15) is 9.18 Å². The first kappa shape index (κ1) is 16.8. The van der Waals surface area contributed by atoms with Gasteiger partial charge in [-0.1, -0.05) is 36.4 Å². The predicted octanol–water partition coefficient (Wildman–Crippen LogP) is 3.09. The summed E-state index contributed by atoms with van der Waals surface area (Å²) in [5.41, 5.74) is 1.61. The van der Waals surface area contributed by atoms with E-state index in [0.29, 0.717) is 5.82 Å². The summed E-state index contributed by atoms with van der Waals surface area (Å²) in [4.78, 5) is 12.6. The molecule has 0 fully saturated rings. The molecule has 6 heteroatoms. The number of nitrogens with one attached hydrogen (secondary N) is 1. The number of amides is 1. The van der Waals surface area contributed by atoms with Crippen molar-refractivity contribution < 1.29 is 9.18 Å². The van der Waals surface area contributed by atoms with E-state index >= 15 is 0 Å². The van der Waals surface area contributed by atoms with Crippen molar-refractivity contribution in [3.63, 3.8) is 0 Å². The zero-order valence-corrected chi connectivity index (χ0v) is 14.3. The van der Waals surface area contributed by atoms with E-state index in [2.05, 4.69) is 15.5 Å². The average Bonchev–Trinajstić information content (AvgIpc) is 2.92. The molecule has 0 saturated carbocycles. The summed E-state index contributed by atoms with van der Waals surface area (Å²) in [6.45, 7) is 3.61. The van der Waals surface area contributed by atoms with Gasteiger partial charge in [0.1, 0.15) is 17.7 Å². The van der Waals surface area contributed by atoms with Crippen LogP contribution >= 0.6 is 0 Å². The van der Waals surface area contributed by atoms with E-state index in [1.165, 1.54) is 12.1 Å². The first-order valence-corrected chi connectivity index (χ1v) is 7.95. The highest BCUT2D eigenvalue weighted by Gasteiger charge is 2.24. The number of nitrogens with zero attached hydrogens (tertiary/aromatic N) is 3. The summed E-state index contributed by atoms with van der Waals surface area (Å²) in [7, 11) is 1.83. The largest absolute Gasteiger partial charge is 0.338 e. The number of carbonyl (C=O) groups excluding carboxylic acids is 1. The Morgan fingerprint density at radius 1 is 1.12 bits per heavy atom. The lowest BCUT2D eigenvalue weighted by Gasteiger charge is -2.19. The van der Waals surface area contributed by atoms with Crippen LogP contribution in [-0.2, 0) is 7.05 Å². The van der Waals surface area contributed by atoms with Crippen LogP contribution in [0.3, 0.4) is 0 Å². The van der Waals surface area contributed by atoms with E-state index in [1.54, 1.807) is 13.0 Å². The molecule has 1 unspecified atom stereocenters. The van der Waals surface area contributed by atoms with Gasteiger partial charge >= 0.3 is 0 Å². The maximum absolute atomic E-state index is 14.1. The second kappa shape index (κ2) is 6.84. The summed E-state index contributed by atoms with van der Waals surface area (Å²) in [5, 5.41) is 11.1. The first-order chi connectivity index (χ1) is 12.0. The number of hydrogen-bond donors (Lipinski definition) is 1. The Hall–Kier alpha value is -3.02. The highest BCUT2D eigenvalue weighted by molar-refractivity contribution is 5.95. The molecule has 1 heterocycles. The molecular formula is C19H19FN4O. The number of benzene rings is 2. The third kappa shape index (κ3) is 3.42. The van der Waals surface area contributed by atoms with Crippen LogP contribution in [0.1, 0.15) is 39.2 Å². The van der Waals surface area contributed by atoms with Gasteiger partial charge in [-0.2, -0.15) is 0 Å². The van der Waals surface area contributed by atoms with Crippen molar-refractivity contribution in [2.45, 2.75) is 19.9 Å².